The highest BCUT2D eigenvalue weighted by Gasteiger charge is 2.31. The van der Waals surface area contributed by atoms with Crippen LogP contribution in [0.3, 0.4) is 0 Å². The number of likely N-dealkylation sites (tertiary alicyclic amines) is 1. The number of hydrogen-bond donors (Lipinski definition) is 1. The summed E-state index contributed by atoms with van der Waals surface area (Å²) in [4.78, 5) is 34.3. The van der Waals surface area contributed by atoms with E-state index in [1.54, 1.807) is 4.90 Å². The predicted molar refractivity (Wildman–Crippen MR) is 90.3 cm³/mol. The van der Waals surface area contributed by atoms with E-state index in [1.165, 1.54) is 0 Å². The van der Waals surface area contributed by atoms with E-state index in [0.717, 1.165) is 48.5 Å². The Morgan fingerprint density at radius 1 is 1.38 bits per heavy atom. The van der Waals surface area contributed by atoms with Crippen molar-refractivity contribution < 1.29 is 4.79 Å². The first kappa shape index (κ1) is 15.2. The number of H-pyrrole nitrogens is 1. The zero-order valence-corrected chi connectivity index (χ0v) is 14.1. The second-order valence-electron chi connectivity index (χ2n) is 6.96. The molecule has 126 valence electrons. The predicted octanol–water partition coefficient (Wildman–Crippen LogP) is 1.54. The Morgan fingerprint density at radius 3 is 2.96 bits per heavy atom. The lowest BCUT2D eigenvalue weighted by molar-refractivity contribution is 0.0788. The minimum atomic E-state index is -0.253. The fraction of sp³-hybridized carbons (Fsp3) is 0.500. The number of carbonyl (C=O) groups excluding carboxylic acids is 1. The van der Waals surface area contributed by atoms with Gasteiger partial charge in [-0.25, -0.2) is 4.98 Å². The molecule has 1 saturated heterocycles. The van der Waals surface area contributed by atoms with Gasteiger partial charge in [0.25, 0.3) is 11.5 Å². The van der Waals surface area contributed by atoms with Gasteiger partial charge in [0.05, 0.1) is 5.69 Å². The van der Waals surface area contributed by atoms with E-state index in [1.807, 2.05) is 30.8 Å². The van der Waals surface area contributed by atoms with Gasteiger partial charge in [-0.05, 0) is 44.2 Å². The number of imidazole rings is 1. The fourth-order valence-corrected chi connectivity index (χ4v) is 4.01. The van der Waals surface area contributed by atoms with Crippen LogP contribution in [-0.2, 0) is 19.9 Å². The average molecular weight is 326 g/mol. The summed E-state index contributed by atoms with van der Waals surface area (Å²) in [5, 5.41) is 0. The standard InChI is InChI=1S/C18H22N4O2/c1-11-9-21(2)16(19-11)13-6-7-22(10-13)18(24)14-8-12-4-3-5-15(12)20-17(14)23/h8-9,13H,3-7,10H2,1-2H3,(H,20,23)/t13-/m0/s1. The van der Waals surface area contributed by atoms with Crippen LogP contribution in [-0.4, -0.2) is 38.4 Å². The third-order valence-electron chi connectivity index (χ3n) is 5.19. The summed E-state index contributed by atoms with van der Waals surface area (Å²) in [7, 11) is 1.99. The maximum absolute atomic E-state index is 12.8. The lowest BCUT2D eigenvalue weighted by Crippen LogP contribution is -2.33. The third-order valence-corrected chi connectivity index (χ3v) is 5.19. The molecule has 2 aliphatic rings. The van der Waals surface area contributed by atoms with Crippen LogP contribution in [0, 0.1) is 6.92 Å². The van der Waals surface area contributed by atoms with Crippen molar-refractivity contribution in [2.75, 3.05) is 13.1 Å². The number of pyridine rings is 1. The van der Waals surface area contributed by atoms with Crippen molar-refractivity contribution in [2.45, 2.75) is 38.5 Å². The molecule has 24 heavy (non-hydrogen) atoms. The van der Waals surface area contributed by atoms with Gasteiger partial charge >= 0.3 is 0 Å². The van der Waals surface area contributed by atoms with E-state index < -0.39 is 0 Å². The first-order chi connectivity index (χ1) is 11.5. The maximum Gasteiger partial charge on any atom is 0.261 e. The highest BCUT2D eigenvalue weighted by Crippen LogP contribution is 2.27. The largest absolute Gasteiger partial charge is 0.338 e. The smallest absolute Gasteiger partial charge is 0.261 e. The number of aromatic amines is 1. The molecular formula is C18H22N4O2. The van der Waals surface area contributed by atoms with E-state index in [0.29, 0.717) is 13.1 Å². The molecule has 0 radical (unpaired) electrons. The van der Waals surface area contributed by atoms with Crippen LogP contribution in [0.4, 0.5) is 0 Å². The topological polar surface area (TPSA) is 71.0 Å². The van der Waals surface area contributed by atoms with Gasteiger partial charge in [0.2, 0.25) is 0 Å². The number of carbonyl (C=O) groups is 1. The number of aryl methyl sites for hydroxylation is 4. The molecular weight excluding hydrogens is 304 g/mol. The van der Waals surface area contributed by atoms with E-state index >= 15 is 0 Å². The molecule has 6 nitrogen and oxygen atoms in total. The Labute approximate surface area is 140 Å². The Kier molecular flexibility index (Phi) is 3.55. The van der Waals surface area contributed by atoms with Gasteiger partial charge in [-0.2, -0.15) is 0 Å². The number of nitrogens with zero attached hydrogens (tertiary/aromatic N) is 3. The van der Waals surface area contributed by atoms with Crippen LogP contribution in [0.1, 0.15) is 51.9 Å². The normalized spacial score (nSPS) is 19.8. The second kappa shape index (κ2) is 5.61. The lowest BCUT2D eigenvalue weighted by Gasteiger charge is -2.16. The van der Waals surface area contributed by atoms with Crippen molar-refractivity contribution in [1.82, 2.24) is 19.4 Å². The van der Waals surface area contributed by atoms with Crippen molar-refractivity contribution in [1.29, 1.82) is 0 Å². The van der Waals surface area contributed by atoms with Gasteiger partial charge in [-0.1, -0.05) is 0 Å². The fourth-order valence-electron chi connectivity index (χ4n) is 4.01. The molecule has 6 heteroatoms. The van der Waals surface area contributed by atoms with Crippen molar-refractivity contribution in [2.24, 2.45) is 7.05 Å². The molecule has 1 amide bonds. The average Bonchev–Trinajstić information content (AvgIpc) is 3.25. The molecule has 1 atom stereocenters. The minimum Gasteiger partial charge on any atom is -0.338 e. The number of rotatable bonds is 2. The Bertz CT molecular complexity index is 864. The first-order valence-electron chi connectivity index (χ1n) is 8.57. The van der Waals surface area contributed by atoms with Crippen LogP contribution in [0.25, 0.3) is 0 Å². The maximum atomic E-state index is 12.8. The number of hydrogen-bond acceptors (Lipinski definition) is 3. The van der Waals surface area contributed by atoms with Crippen LogP contribution in [0.2, 0.25) is 0 Å². The molecule has 2 aromatic rings. The van der Waals surface area contributed by atoms with Gasteiger partial charge in [0, 0.05) is 37.9 Å². The van der Waals surface area contributed by atoms with Gasteiger partial charge in [-0.3, -0.25) is 9.59 Å². The molecule has 0 spiro atoms. The number of aromatic nitrogens is 3. The molecule has 0 bridgehead atoms. The summed E-state index contributed by atoms with van der Waals surface area (Å²) in [5.74, 6) is 1.10. The molecule has 0 aromatic carbocycles. The van der Waals surface area contributed by atoms with Crippen LogP contribution in [0.15, 0.2) is 17.1 Å². The molecule has 4 rings (SSSR count). The van der Waals surface area contributed by atoms with Crippen LogP contribution in [0.5, 0.6) is 0 Å². The molecule has 1 aliphatic heterocycles. The summed E-state index contributed by atoms with van der Waals surface area (Å²) < 4.78 is 2.04. The molecule has 1 fully saturated rings. The summed E-state index contributed by atoms with van der Waals surface area (Å²) in [6.45, 7) is 3.27. The third kappa shape index (κ3) is 2.46. The van der Waals surface area contributed by atoms with Crippen molar-refractivity contribution in [3.05, 3.63) is 51.0 Å². The number of fused-ring (bicyclic) bond motifs is 1. The Balaban J connectivity index is 1.56. The Hall–Kier alpha value is -2.37. The van der Waals surface area contributed by atoms with Gasteiger partial charge in [0.15, 0.2) is 0 Å². The molecule has 2 aromatic heterocycles. The molecule has 1 aliphatic carbocycles. The quantitative estimate of drug-likeness (QED) is 0.910. The van der Waals surface area contributed by atoms with E-state index in [9.17, 15) is 9.59 Å². The summed E-state index contributed by atoms with van der Waals surface area (Å²) in [5.41, 5.74) is 3.14. The molecule has 0 saturated carbocycles. The van der Waals surface area contributed by atoms with Crippen molar-refractivity contribution in [3.63, 3.8) is 0 Å². The molecule has 0 unspecified atom stereocenters. The van der Waals surface area contributed by atoms with E-state index in [-0.39, 0.29) is 22.9 Å². The van der Waals surface area contributed by atoms with Crippen LogP contribution >= 0.6 is 0 Å². The van der Waals surface area contributed by atoms with Crippen molar-refractivity contribution >= 4 is 5.91 Å². The molecule has 1 N–H and O–H groups in total. The number of nitrogens with one attached hydrogen (secondary N) is 1. The zero-order chi connectivity index (χ0) is 16.8. The highest BCUT2D eigenvalue weighted by molar-refractivity contribution is 5.94. The van der Waals surface area contributed by atoms with Gasteiger partial charge in [-0.15, -0.1) is 0 Å². The number of amides is 1. The minimum absolute atomic E-state index is 0.153. The summed E-state index contributed by atoms with van der Waals surface area (Å²) in [6, 6.07) is 1.81. The van der Waals surface area contributed by atoms with Crippen molar-refractivity contribution in [3.8, 4) is 0 Å². The van der Waals surface area contributed by atoms with Gasteiger partial charge in [0.1, 0.15) is 11.4 Å². The van der Waals surface area contributed by atoms with Gasteiger partial charge < -0.3 is 14.5 Å². The first-order valence-corrected chi connectivity index (χ1v) is 8.57. The summed E-state index contributed by atoms with van der Waals surface area (Å²) in [6.07, 6.45) is 5.79. The molecule has 3 heterocycles. The highest BCUT2D eigenvalue weighted by atomic mass is 16.2. The van der Waals surface area contributed by atoms with Crippen LogP contribution < -0.4 is 5.56 Å². The SMILES string of the molecule is Cc1cn(C)c([C@H]2CCN(C(=O)c3cc4c([nH]c3=O)CCC4)C2)n1. The second-order valence-corrected chi connectivity index (χ2v) is 6.96. The lowest BCUT2D eigenvalue weighted by atomic mass is 10.1. The zero-order valence-electron chi connectivity index (χ0n) is 14.1. The van der Waals surface area contributed by atoms with E-state index in [2.05, 4.69) is 9.97 Å². The Morgan fingerprint density at radius 2 is 2.21 bits per heavy atom. The monoisotopic (exact) mass is 326 g/mol. The van der Waals surface area contributed by atoms with E-state index in [4.69, 9.17) is 0 Å². The summed E-state index contributed by atoms with van der Waals surface area (Å²) >= 11 is 0.